The normalized spacial score (nSPS) is 10.1. The Bertz CT molecular complexity index is 399. The number of carbonyl (C=O) groups is 1. The summed E-state index contributed by atoms with van der Waals surface area (Å²) in [5, 5.41) is 9.79. The van der Waals surface area contributed by atoms with E-state index in [0.29, 0.717) is 24.7 Å². The summed E-state index contributed by atoms with van der Waals surface area (Å²) >= 11 is 0. The summed E-state index contributed by atoms with van der Waals surface area (Å²) in [5.41, 5.74) is 0.204. The van der Waals surface area contributed by atoms with Crippen LogP contribution in [0.3, 0.4) is 0 Å². The van der Waals surface area contributed by atoms with E-state index >= 15 is 0 Å². The number of aromatic hydroxyl groups is 1. The minimum atomic E-state index is -0.229. The van der Waals surface area contributed by atoms with Crippen molar-refractivity contribution >= 4 is 5.78 Å². The number of hydrogen-bond donors (Lipinski definition) is 1. The third kappa shape index (κ3) is 3.37. The van der Waals surface area contributed by atoms with Gasteiger partial charge in [0.25, 0.3) is 0 Å². The summed E-state index contributed by atoms with van der Waals surface area (Å²) in [6, 6.07) is 3.07. The average molecular weight is 238 g/mol. The summed E-state index contributed by atoms with van der Waals surface area (Å²) in [4.78, 5) is 11.4. The van der Waals surface area contributed by atoms with E-state index in [1.54, 1.807) is 6.07 Å². The molecule has 0 aliphatic carbocycles. The number of rotatable bonds is 6. The smallest absolute Gasteiger partial charge is 0.167 e. The molecular weight excluding hydrogens is 220 g/mol. The van der Waals surface area contributed by atoms with Gasteiger partial charge in [0.15, 0.2) is 5.78 Å². The van der Waals surface area contributed by atoms with Crippen LogP contribution in [0.4, 0.5) is 0 Å². The molecule has 17 heavy (non-hydrogen) atoms. The summed E-state index contributed by atoms with van der Waals surface area (Å²) < 4.78 is 10.7. The molecule has 0 fully saturated rings. The first kappa shape index (κ1) is 13.4. The Balaban J connectivity index is 3.11. The molecule has 1 N–H and O–H groups in total. The van der Waals surface area contributed by atoms with E-state index in [9.17, 15) is 9.90 Å². The van der Waals surface area contributed by atoms with Gasteiger partial charge in [0, 0.05) is 12.1 Å². The number of phenols is 1. The highest BCUT2D eigenvalue weighted by molar-refractivity contribution is 5.99. The van der Waals surface area contributed by atoms with E-state index in [-0.39, 0.29) is 17.1 Å². The molecular formula is C13H18O4. The first-order valence-corrected chi connectivity index (χ1v) is 5.73. The van der Waals surface area contributed by atoms with Crippen molar-refractivity contribution in [3.63, 3.8) is 0 Å². The number of ether oxygens (including phenoxy) is 2. The lowest BCUT2D eigenvalue weighted by Gasteiger charge is -2.12. The Hall–Kier alpha value is -1.71. The third-order valence-electron chi connectivity index (χ3n) is 2.18. The largest absolute Gasteiger partial charge is 0.507 e. The summed E-state index contributed by atoms with van der Waals surface area (Å²) in [6.45, 7) is 6.19. The van der Waals surface area contributed by atoms with Crippen LogP contribution in [0.5, 0.6) is 17.2 Å². The van der Waals surface area contributed by atoms with E-state index < -0.39 is 0 Å². The van der Waals surface area contributed by atoms with Gasteiger partial charge in [-0.15, -0.1) is 0 Å². The lowest BCUT2D eigenvalue weighted by atomic mass is 10.1. The molecule has 0 heterocycles. The lowest BCUT2D eigenvalue weighted by molar-refractivity contribution is 0.101. The molecule has 0 spiro atoms. The molecule has 0 amide bonds. The molecule has 4 nitrogen and oxygen atoms in total. The molecule has 0 bridgehead atoms. The molecule has 1 aromatic rings. The zero-order valence-corrected chi connectivity index (χ0v) is 10.4. The molecule has 1 rings (SSSR count). The van der Waals surface area contributed by atoms with Gasteiger partial charge in [0.05, 0.1) is 13.2 Å². The quantitative estimate of drug-likeness (QED) is 0.774. The molecule has 0 saturated heterocycles. The lowest BCUT2D eigenvalue weighted by Crippen LogP contribution is -2.03. The van der Waals surface area contributed by atoms with Gasteiger partial charge < -0.3 is 14.6 Å². The predicted octanol–water partition coefficient (Wildman–Crippen LogP) is 2.78. The number of Topliss-reactive ketones (excluding diaryl/α,β-unsaturated/α-hetero) is 1. The minimum absolute atomic E-state index is 0.102. The maximum atomic E-state index is 11.4. The molecule has 94 valence electrons. The monoisotopic (exact) mass is 238 g/mol. The van der Waals surface area contributed by atoms with Crippen molar-refractivity contribution in [3.8, 4) is 17.2 Å². The third-order valence-corrected chi connectivity index (χ3v) is 2.18. The summed E-state index contributed by atoms with van der Waals surface area (Å²) in [5.74, 6) is 0.548. The van der Waals surface area contributed by atoms with E-state index in [0.717, 1.165) is 6.42 Å². The van der Waals surface area contributed by atoms with Crippen molar-refractivity contribution < 1.29 is 19.4 Å². The van der Waals surface area contributed by atoms with Gasteiger partial charge in [-0.25, -0.2) is 0 Å². The first-order valence-electron chi connectivity index (χ1n) is 5.73. The molecule has 0 aromatic heterocycles. The van der Waals surface area contributed by atoms with Crippen molar-refractivity contribution in [2.75, 3.05) is 13.2 Å². The molecule has 0 radical (unpaired) electrons. The molecule has 0 aliphatic rings. The van der Waals surface area contributed by atoms with Gasteiger partial charge in [-0.1, -0.05) is 6.92 Å². The van der Waals surface area contributed by atoms with E-state index in [1.165, 1.54) is 13.0 Å². The van der Waals surface area contributed by atoms with Gasteiger partial charge in [-0.05, 0) is 20.3 Å². The van der Waals surface area contributed by atoms with Gasteiger partial charge in [-0.3, -0.25) is 4.79 Å². The zero-order valence-electron chi connectivity index (χ0n) is 10.4. The summed E-state index contributed by atoms with van der Waals surface area (Å²) in [6.07, 6.45) is 0.874. The average Bonchev–Trinajstić information content (AvgIpc) is 2.25. The van der Waals surface area contributed by atoms with Crippen LogP contribution in [0, 0.1) is 0 Å². The van der Waals surface area contributed by atoms with E-state index in [4.69, 9.17) is 9.47 Å². The van der Waals surface area contributed by atoms with Crippen LogP contribution in [-0.4, -0.2) is 24.1 Å². The fourth-order valence-corrected chi connectivity index (χ4v) is 1.50. The first-order chi connectivity index (χ1) is 8.10. The van der Waals surface area contributed by atoms with Crippen LogP contribution in [0.2, 0.25) is 0 Å². The molecule has 0 aliphatic heterocycles. The highest BCUT2D eigenvalue weighted by atomic mass is 16.5. The maximum absolute atomic E-state index is 11.4. The highest BCUT2D eigenvalue weighted by Crippen LogP contribution is 2.33. The van der Waals surface area contributed by atoms with Gasteiger partial charge >= 0.3 is 0 Å². The number of phenolic OH excluding ortho intramolecular Hbond substituents is 1. The van der Waals surface area contributed by atoms with Crippen molar-refractivity contribution in [2.24, 2.45) is 0 Å². The number of hydrogen-bond acceptors (Lipinski definition) is 4. The van der Waals surface area contributed by atoms with Crippen molar-refractivity contribution in [1.82, 2.24) is 0 Å². The van der Waals surface area contributed by atoms with Crippen LogP contribution in [-0.2, 0) is 0 Å². The standard InChI is InChI=1S/C13H18O4/c1-4-6-17-10-7-11(15)13(9(3)14)12(8-10)16-5-2/h7-8,15H,4-6H2,1-3H3. The van der Waals surface area contributed by atoms with Crippen LogP contribution in [0.15, 0.2) is 12.1 Å². The van der Waals surface area contributed by atoms with Crippen molar-refractivity contribution in [3.05, 3.63) is 17.7 Å². The Morgan fingerprint density at radius 3 is 2.53 bits per heavy atom. The van der Waals surface area contributed by atoms with Crippen LogP contribution >= 0.6 is 0 Å². The Kier molecular flexibility index (Phi) is 4.82. The van der Waals surface area contributed by atoms with Gasteiger partial charge in [-0.2, -0.15) is 0 Å². The fourth-order valence-electron chi connectivity index (χ4n) is 1.50. The minimum Gasteiger partial charge on any atom is -0.507 e. The topological polar surface area (TPSA) is 55.8 Å². The number of carbonyl (C=O) groups excluding carboxylic acids is 1. The molecule has 0 atom stereocenters. The molecule has 4 heteroatoms. The Morgan fingerprint density at radius 1 is 1.29 bits per heavy atom. The van der Waals surface area contributed by atoms with Crippen molar-refractivity contribution in [2.45, 2.75) is 27.2 Å². The van der Waals surface area contributed by atoms with E-state index in [1.807, 2.05) is 13.8 Å². The van der Waals surface area contributed by atoms with Crippen LogP contribution in [0.25, 0.3) is 0 Å². The molecule has 1 aromatic carbocycles. The van der Waals surface area contributed by atoms with Gasteiger partial charge in [0.2, 0.25) is 0 Å². The predicted molar refractivity (Wildman–Crippen MR) is 65.1 cm³/mol. The molecule has 0 unspecified atom stereocenters. The van der Waals surface area contributed by atoms with Crippen molar-refractivity contribution in [1.29, 1.82) is 0 Å². The van der Waals surface area contributed by atoms with Crippen LogP contribution < -0.4 is 9.47 Å². The number of ketones is 1. The zero-order chi connectivity index (χ0) is 12.8. The second-order valence-electron chi connectivity index (χ2n) is 3.65. The Morgan fingerprint density at radius 2 is 2.00 bits per heavy atom. The highest BCUT2D eigenvalue weighted by Gasteiger charge is 2.16. The summed E-state index contributed by atoms with van der Waals surface area (Å²) in [7, 11) is 0. The number of benzene rings is 1. The van der Waals surface area contributed by atoms with E-state index in [2.05, 4.69) is 0 Å². The Labute approximate surface area is 101 Å². The van der Waals surface area contributed by atoms with Crippen LogP contribution in [0.1, 0.15) is 37.6 Å². The SMILES string of the molecule is CCCOc1cc(O)c(C(C)=O)c(OCC)c1. The van der Waals surface area contributed by atoms with Gasteiger partial charge in [0.1, 0.15) is 22.8 Å². The maximum Gasteiger partial charge on any atom is 0.167 e. The second kappa shape index (κ2) is 6.13. The second-order valence-corrected chi connectivity index (χ2v) is 3.65. The fraction of sp³-hybridized carbons (Fsp3) is 0.462. The molecule has 0 saturated carbocycles.